The molecule has 3 aromatic rings. The number of hydrogen-bond acceptors (Lipinski definition) is 4. The van der Waals surface area contributed by atoms with Crippen LogP contribution in [0.4, 0.5) is 0 Å². The minimum Gasteiger partial charge on any atom is -0.466 e. The van der Waals surface area contributed by atoms with E-state index in [-0.39, 0.29) is 17.4 Å². The quantitative estimate of drug-likeness (QED) is 0.760. The second kappa shape index (κ2) is 5.96. The summed E-state index contributed by atoms with van der Waals surface area (Å²) in [5.41, 5.74) is 0.207. The third-order valence-electron chi connectivity index (χ3n) is 3.92. The molecule has 0 aliphatic heterocycles. The average molecular weight is 348 g/mol. The molecule has 3 aromatic heterocycles. The number of carbonyl (C=O) groups is 1. The van der Waals surface area contributed by atoms with Gasteiger partial charge in [0.2, 0.25) is 0 Å². The fourth-order valence-corrected chi connectivity index (χ4v) is 3.03. The zero-order valence-electron chi connectivity index (χ0n) is 13.6. The summed E-state index contributed by atoms with van der Waals surface area (Å²) in [5, 5.41) is 13.5. The fraction of sp³-hybridized carbons (Fsp3) is 0.294. The van der Waals surface area contributed by atoms with E-state index in [2.05, 4.69) is 10.3 Å². The van der Waals surface area contributed by atoms with Crippen LogP contribution in [0.2, 0.25) is 5.15 Å². The van der Waals surface area contributed by atoms with Gasteiger partial charge in [-0.25, -0.2) is 4.98 Å². The molecule has 0 radical (unpaired) electrons. The van der Waals surface area contributed by atoms with Gasteiger partial charge in [-0.1, -0.05) is 17.7 Å². The highest BCUT2D eigenvalue weighted by Crippen LogP contribution is 2.26. The maximum absolute atomic E-state index is 12.5. The highest BCUT2D eigenvalue weighted by atomic mass is 35.5. The van der Waals surface area contributed by atoms with Crippen LogP contribution in [0.5, 0.6) is 0 Å². The molecule has 3 rings (SSSR count). The fourth-order valence-electron chi connectivity index (χ4n) is 2.77. The van der Waals surface area contributed by atoms with E-state index in [1.807, 2.05) is 13.0 Å². The largest absolute Gasteiger partial charge is 0.466 e. The maximum Gasteiger partial charge on any atom is 0.271 e. The molecule has 6 nitrogen and oxygen atoms in total. The zero-order chi connectivity index (χ0) is 17.5. The number of rotatable bonds is 4. The maximum atomic E-state index is 12.5. The number of pyridine rings is 1. The van der Waals surface area contributed by atoms with E-state index in [9.17, 15) is 9.90 Å². The van der Waals surface area contributed by atoms with E-state index in [1.54, 1.807) is 42.6 Å². The molecule has 0 saturated carbocycles. The number of amides is 1. The Morgan fingerprint density at radius 2 is 2.21 bits per heavy atom. The van der Waals surface area contributed by atoms with Crippen molar-refractivity contribution in [2.45, 2.75) is 26.4 Å². The second-order valence-electron chi connectivity index (χ2n) is 5.96. The first-order valence-corrected chi connectivity index (χ1v) is 7.88. The number of hydrogen-bond donors (Lipinski definition) is 2. The smallest absolute Gasteiger partial charge is 0.271 e. The summed E-state index contributed by atoms with van der Waals surface area (Å²) in [4.78, 5) is 16.7. The lowest BCUT2D eigenvalue weighted by atomic mass is 9.96. The van der Waals surface area contributed by atoms with Crippen LogP contribution in [0.25, 0.3) is 5.65 Å². The lowest BCUT2D eigenvalue weighted by Gasteiger charge is -2.23. The third-order valence-corrected chi connectivity index (χ3v) is 4.18. The number of fused-ring (bicyclic) bond motifs is 1. The van der Waals surface area contributed by atoms with Crippen LogP contribution in [0, 0.1) is 13.8 Å². The molecule has 0 aliphatic carbocycles. The van der Waals surface area contributed by atoms with Crippen molar-refractivity contribution in [3.8, 4) is 0 Å². The summed E-state index contributed by atoms with van der Waals surface area (Å²) >= 11 is 6.09. The standard InChI is InChI=1S/C17H18ClN3O3/c1-10-8-12(11(2)24-10)17(3,23)9-19-16(22)14-15(18)20-13-6-4-5-7-21(13)14/h4-8,23H,9H2,1-3H3,(H,19,22). The molecule has 0 aromatic carbocycles. The topological polar surface area (TPSA) is 79.8 Å². The lowest BCUT2D eigenvalue weighted by Crippen LogP contribution is -2.39. The number of aromatic nitrogens is 2. The molecule has 1 unspecified atom stereocenters. The van der Waals surface area contributed by atoms with Crippen molar-refractivity contribution in [3.05, 3.63) is 58.4 Å². The SMILES string of the molecule is Cc1cc(C(C)(O)CNC(=O)c2c(Cl)nc3ccccn23)c(C)o1. The molecule has 24 heavy (non-hydrogen) atoms. The predicted molar refractivity (Wildman–Crippen MR) is 90.3 cm³/mol. The molecular formula is C17H18ClN3O3. The van der Waals surface area contributed by atoms with Crippen molar-refractivity contribution in [3.63, 3.8) is 0 Å². The summed E-state index contributed by atoms with van der Waals surface area (Å²) < 4.78 is 7.06. The van der Waals surface area contributed by atoms with E-state index >= 15 is 0 Å². The summed E-state index contributed by atoms with van der Waals surface area (Å²) in [5.74, 6) is 0.926. The Morgan fingerprint density at radius 1 is 1.46 bits per heavy atom. The Labute approximate surface area is 144 Å². The Bertz CT molecular complexity index is 911. The van der Waals surface area contributed by atoms with Crippen molar-refractivity contribution in [2.75, 3.05) is 6.54 Å². The molecule has 1 amide bonds. The van der Waals surface area contributed by atoms with Crippen LogP contribution in [0.3, 0.4) is 0 Å². The molecule has 0 aliphatic rings. The van der Waals surface area contributed by atoms with Crippen LogP contribution < -0.4 is 5.32 Å². The van der Waals surface area contributed by atoms with Crippen LogP contribution in [0.1, 0.15) is 34.5 Å². The van der Waals surface area contributed by atoms with E-state index < -0.39 is 11.5 Å². The first-order chi connectivity index (χ1) is 11.3. The van der Waals surface area contributed by atoms with Crippen LogP contribution in [-0.4, -0.2) is 26.9 Å². The Balaban J connectivity index is 1.82. The third kappa shape index (κ3) is 2.90. The molecule has 0 saturated heterocycles. The molecule has 3 heterocycles. The van der Waals surface area contributed by atoms with Crippen LogP contribution in [0.15, 0.2) is 34.9 Å². The lowest BCUT2D eigenvalue weighted by molar-refractivity contribution is 0.0512. The number of nitrogens with one attached hydrogen (secondary N) is 1. The minimum atomic E-state index is -1.26. The molecular weight excluding hydrogens is 330 g/mol. The van der Waals surface area contributed by atoms with Crippen LogP contribution >= 0.6 is 11.6 Å². The molecule has 126 valence electrons. The summed E-state index contributed by atoms with van der Waals surface area (Å²) in [7, 11) is 0. The van der Waals surface area contributed by atoms with Crippen molar-refractivity contribution >= 4 is 23.2 Å². The summed E-state index contributed by atoms with van der Waals surface area (Å²) in [6, 6.07) is 7.13. The minimum absolute atomic E-state index is 0.0159. The Hall–Kier alpha value is -2.31. The van der Waals surface area contributed by atoms with Crippen molar-refractivity contribution in [2.24, 2.45) is 0 Å². The number of carbonyl (C=O) groups excluding carboxylic acids is 1. The van der Waals surface area contributed by atoms with Gasteiger partial charge >= 0.3 is 0 Å². The predicted octanol–water partition coefficient (Wildman–Crippen LogP) is 2.84. The van der Waals surface area contributed by atoms with E-state index in [1.165, 1.54) is 0 Å². The number of furan rings is 1. The molecule has 0 bridgehead atoms. The van der Waals surface area contributed by atoms with Gasteiger partial charge in [0.1, 0.15) is 22.8 Å². The first kappa shape index (κ1) is 16.5. The van der Waals surface area contributed by atoms with Gasteiger partial charge in [0.25, 0.3) is 5.91 Å². The Morgan fingerprint density at radius 3 is 2.88 bits per heavy atom. The van der Waals surface area contributed by atoms with E-state index in [0.29, 0.717) is 22.7 Å². The zero-order valence-corrected chi connectivity index (χ0v) is 14.4. The Kier molecular flexibility index (Phi) is 4.11. The number of aliphatic hydroxyl groups is 1. The van der Waals surface area contributed by atoms with Gasteiger partial charge in [-0.3, -0.25) is 9.20 Å². The average Bonchev–Trinajstić information content (AvgIpc) is 3.03. The molecule has 0 spiro atoms. The number of nitrogens with zero attached hydrogens (tertiary/aromatic N) is 2. The van der Waals surface area contributed by atoms with E-state index in [4.69, 9.17) is 16.0 Å². The highest BCUT2D eigenvalue weighted by molar-refractivity contribution is 6.32. The number of aryl methyl sites for hydroxylation is 2. The van der Waals surface area contributed by atoms with Crippen LogP contribution in [-0.2, 0) is 5.60 Å². The summed E-state index contributed by atoms with van der Waals surface area (Å²) in [6.07, 6.45) is 1.71. The first-order valence-electron chi connectivity index (χ1n) is 7.50. The van der Waals surface area contributed by atoms with Gasteiger partial charge in [-0.2, -0.15) is 0 Å². The van der Waals surface area contributed by atoms with E-state index in [0.717, 1.165) is 0 Å². The van der Waals surface area contributed by atoms with Gasteiger partial charge in [-0.15, -0.1) is 0 Å². The van der Waals surface area contributed by atoms with Crippen molar-refractivity contribution in [1.82, 2.24) is 14.7 Å². The van der Waals surface area contributed by atoms with Gasteiger partial charge in [0, 0.05) is 11.8 Å². The molecule has 7 heteroatoms. The normalized spacial score (nSPS) is 13.9. The highest BCUT2D eigenvalue weighted by Gasteiger charge is 2.29. The van der Waals surface area contributed by atoms with Crippen molar-refractivity contribution < 1.29 is 14.3 Å². The van der Waals surface area contributed by atoms with Gasteiger partial charge < -0.3 is 14.8 Å². The molecule has 1 atom stereocenters. The monoisotopic (exact) mass is 347 g/mol. The number of halogens is 1. The summed E-state index contributed by atoms with van der Waals surface area (Å²) in [6.45, 7) is 5.23. The second-order valence-corrected chi connectivity index (χ2v) is 6.32. The number of imidazole rings is 1. The van der Waals surface area contributed by atoms with Gasteiger partial charge in [0.05, 0.1) is 6.54 Å². The molecule has 0 fully saturated rings. The van der Waals surface area contributed by atoms with Gasteiger partial charge in [0.15, 0.2) is 10.8 Å². The van der Waals surface area contributed by atoms with Crippen molar-refractivity contribution in [1.29, 1.82) is 0 Å². The van der Waals surface area contributed by atoms with Gasteiger partial charge in [-0.05, 0) is 39.0 Å². The molecule has 2 N–H and O–H groups in total.